The van der Waals surface area contributed by atoms with Gasteiger partial charge in [0.1, 0.15) is 5.82 Å². The molecule has 0 unspecified atom stereocenters. The molecule has 0 aliphatic carbocycles. The van der Waals surface area contributed by atoms with Crippen LogP contribution in [0, 0.1) is 18.8 Å². The number of benzene rings is 1. The molecule has 0 N–H and O–H groups in total. The van der Waals surface area contributed by atoms with Gasteiger partial charge in [0.15, 0.2) is 0 Å². The van der Waals surface area contributed by atoms with E-state index in [-0.39, 0.29) is 11.8 Å². The van der Waals surface area contributed by atoms with E-state index in [9.17, 15) is 9.59 Å². The molecule has 0 spiro atoms. The first kappa shape index (κ1) is 22.6. The first-order valence-electron chi connectivity index (χ1n) is 12.2. The van der Waals surface area contributed by atoms with E-state index in [1.807, 2.05) is 28.7 Å². The highest BCUT2D eigenvalue weighted by molar-refractivity contribution is 5.79. The van der Waals surface area contributed by atoms with Gasteiger partial charge < -0.3 is 14.4 Å². The number of hydrogen-bond acceptors (Lipinski definition) is 3. The van der Waals surface area contributed by atoms with Crippen molar-refractivity contribution in [3.63, 3.8) is 0 Å². The van der Waals surface area contributed by atoms with Crippen LogP contribution in [0.3, 0.4) is 0 Å². The van der Waals surface area contributed by atoms with Gasteiger partial charge in [-0.2, -0.15) is 0 Å². The van der Waals surface area contributed by atoms with Gasteiger partial charge in [0.05, 0.1) is 0 Å². The van der Waals surface area contributed by atoms with Crippen molar-refractivity contribution >= 4 is 11.8 Å². The number of amides is 2. The topological polar surface area (TPSA) is 58.4 Å². The molecule has 2 aliphatic heterocycles. The second kappa shape index (κ2) is 10.8. The van der Waals surface area contributed by atoms with Crippen LogP contribution in [0.15, 0.2) is 42.7 Å². The van der Waals surface area contributed by atoms with Crippen LogP contribution in [0.4, 0.5) is 0 Å². The van der Waals surface area contributed by atoms with Crippen molar-refractivity contribution in [2.24, 2.45) is 11.8 Å². The third kappa shape index (κ3) is 5.59. The standard InChI is InChI=1S/C26H36N4O2/c1-21-27-14-20-28(21)19-13-25(31)29-17-11-23(12-18-29)24-9-5-6-15-30(26(24)32)16-10-22-7-3-2-4-8-22/h2-4,7-8,14,20,23-24H,5-6,9-13,15-19H2,1H3/t24-/m0/s1. The summed E-state index contributed by atoms with van der Waals surface area (Å²) in [5.41, 5.74) is 1.29. The third-order valence-electron chi connectivity index (χ3n) is 7.29. The highest BCUT2D eigenvalue weighted by Crippen LogP contribution is 2.32. The fourth-order valence-electron chi connectivity index (χ4n) is 5.27. The summed E-state index contributed by atoms with van der Waals surface area (Å²) in [6.45, 7) is 5.89. The molecular weight excluding hydrogens is 400 g/mol. The lowest BCUT2D eigenvalue weighted by Crippen LogP contribution is -2.44. The number of imidazole rings is 1. The average Bonchev–Trinajstić information content (AvgIpc) is 3.15. The summed E-state index contributed by atoms with van der Waals surface area (Å²) >= 11 is 0. The molecule has 172 valence electrons. The molecule has 4 rings (SSSR count). The SMILES string of the molecule is Cc1nccn1CCC(=O)N1CCC([C@@H]2CCCCN(CCc3ccccc3)C2=O)CC1. The lowest BCUT2D eigenvalue weighted by Gasteiger charge is -2.36. The first-order valence-corrected chi connectivity index (χ1v) is 12.2. The predicted molar refractivity (Wildman–Crippen MR) is 125 cm³/mol. The van der Waals surface area contributed by atoms with Crippen LogP contribution in [-0.2, 0) is 22.6 Å². The van der Waals surface area contributed by atoms with Gasteiger partial charge in [-0.3, -0.25) is 9.59 Å². The summed E-state index contributed by atoms with van der Waals surface area (Å²) in [5, 5.41) is 0. The molecule has 3 heterocycles. The first-order chi connectivity index (χ1) is 15.6. The Labute approximate surface area is 191 Å². The number of rotatable bonds is 7. The zero-order valence-corrected chi connectivity index (χ0v) is 19.3. The van der Waals surface area contributed by atoms with Crippen molar-refractivity contribution in [2.45, 2.75) is 58.4 Å². The molecule has 2 aliphatic rings. The fourth-order valence-corrected chi connectivity index (χ4v) is 5.27. The summed E-state index contributed by atoms with van der Waals surface area (Å²) in [4.78, 5) is 34.4. The predicted octanol–water partition coefficient (Wildman–Crippen LogP) is 3.69. The Morgan fingerprint density at radius 1 is 1.03 bits per heavy atom. The maximum absolute atomic E-state index is 13.4. The van der Waals surface area contributed by atoms with Crippen LogP contribution in [0.25, 0.3) is 0 Å². The molecule has 6 heteroatoms. The number of hydrogen-bond donors (Lipinski definition) is 0. The third-order valence-corrected chi connectivity index (χ3v) is 7.29. The van der Waals surface area contributed by atoms with Crippen molar-refractivity contribution in [3.05, 3.63) is 54.1 Å². The number of carbonyl (C=O) groups excluding carboxylic acids is 2. The quantitative estimate of drug-likeness (QED) is 0.665. The fraction of sp³-hybridized carbons (Fsp3) is 0.577. The maximum atomic E-state index is 13.4. The summed E-state index contributed by atoms with van der Waals surface area (Å²) in [6, 6.07) is 10.4. The minimum atomic E-state index is 0.124. The van der Waals surface area contributed by atoms with Crippen LogP contribution in [0.5, 0.6) is 0 Å². The van der Waals surface area contributed by atoms with E-state index in [1.165, 1.54) is 5.56 Å². The maximum Gasteiger partial charge on any atom is 0.225 e. The Bertz CT molecular complexity index is 886. The van der Waals surface area contributed by atoms with Gasteiger partial charge in [0, 0.05) is 57.5 Å². The van der Waals surface area contributed by atoms with E-state index >= 15 is 0 Å². The van der Waals surface area contributed by atoms with Crippen molar-refractivity contribution in [2.75, 3.05) is 26.2 Å². The number of piperidine rings is 1. The summed E-state index contributed by atoms with van der Waals surface area (Å²) < 4.78 is 2.03. The van der Waals surface area contributed by atoms with Crippen LogP contribution >= 0.6 is 0 Å². The Balaban J connectivity index is 1.27. The van der Waals surface area contributed by atoms with Crippen molar-refractivity contribution in [1.82, 2.24) is 19.4 Å². The molecule has 1 aromatic carbocycles. The van der Waals surface area contributed by atoms with E-state index in [1.54, 1.807) is 6.20 Å². The Morgan fingerprint density at radius 2 is 1.81 bits per heavy atom. The summed E-state index contributed by atoms with van der Waals surface area (Å²) in [6.07, 6.45) is 10.2. The Morgan fingerprint density at radius 3 is 2.53 bits per heavy atom. The zero-order chi connectivity index (χ0) is 22.3. The van der Waals surface area contributed by atoms with Gasteiger partial charge >= 0.3 is 0 Å². The molecule has 6 nitrogen and oxygen atoms in total. The minimum Gasteiger partial charge on any atom is -0.343 e. The molecule has 2 amide bonds. The molecule has 2 saturated heterocycles. The highest BCUT2D eigenvalue weighted by atomic mass is 16.2. The van der Waals surface area contributed by atoms with Crippen LogP contribution in [0.2, 0.25) is 0 Å². The highest BCUT2D eigenvalue weighted by Gasteiger charge is 2.35. The molecule has 1 aromatic heterocycles. The molecule has 2 fully saturated rings. The lowest BCUT2D eigenvalue weighted by atomic mass is 9.81. The number of carbonyl (C=O) groups is 2. The molecule has 0 saturated carbocycles. The van der Waals surface area contributed by atoms with E-state index in [4.69, 9.17) is 0 Å². The Hall–Kier alpha value is -2.63. The number of aromatic nitrogens is 2. The lowest BCUT2D eigenvalue weighted by molar-refractivity contribution is -0.138. The second-order valence-corrected chi connectivity index (χ2v) is 9.30. The zero-order valence-electron chi connectivity index (χ0n) is 19.3. The van der Waals surface area contributed by atoms with Crippen molar-refractivity contribution in [1.29, 1.82) is 0 Å². The number of nitrogens with zero attached hydrogens (tertiary/aromatic N) is 4. The Kier molecular flexibility index (Phi) is 7.61. The van der Waals surface area contributed by atoms with E-state index in [0.29, 0.717) is 24.8 Å². The van der Waals surface area contributed by atoms with Gasteiger partial charge in [0.25, 0.3) is 0 Å². The number of likely N-dealkylation sites (tertiary alicyclic amines) is 2. The van der Waals surface area contributed by atoms with E-state index in [0.717, 1.165) is 70.5 Å². The molecule has 0 bridgehead atoms. The molecular formula is C26H36N4O2. The smallest absolute Gasteiger partial charge is 0.225 e. The van der Waals surface area contributed by atoms with Gasteiger partial charge in [-0.15, -0.1) is 0 Å². The monoisotopic (exact) mass is 436 g/mol. The second-order valence-electron chi connectivity index (χ2n) is 9.30. The van der Waals surface area contributed by atoms with Crippen molar-refractivity contribution < 1.29 is 9.59 Å². The molecule has 0 radical (unpaired) electrons. The summed E-state index contributed by atoms with van der Waals surface area (Å²) in [7, 11) is 0. The number of aryl methyl sites for hydroxylation is 2. The van der Waals surface area contributed by atoms with E-state index in [2.05, 4.69) is 34.1 Å². The molecule has 1 atom stereocenters. The normalized spacial score (nSPS) is 20.4. The summed E-state index contributed by atoms with van der Waals surface area (Å²) in [5.74, 6) is 2.03. The van der Waals surface area contributed by atoms with Crippen LogP contribution in [-0.4, -0.2) is 57.3 Å². The average molecular weight is 437 g/mol. The molecule has 32 heavy (non-hydrogen) atoms. The van der Waals surface area contributed by atoms with Gasteiger partial charge in [-0.25, -0.2) is 4.98 Å². The van der Waals surface area contributed by atoms with Gasteiger partial charge in [0.2, 0.25) is 11.8 Å². The minimum absolute atomic E-state index is 0.124. The van der Waals surface area contributed by atoms with Crippen LogP contribution in [0.1, 0.15) is 49.9 Å². The molecule has 2 aromatic rings. The largest absolute Gasteiger partial charge is 0.343 e. The van der Waals surface area contributed by atoms with Gasteiger partial charge in [-0.1, -0.05) is 36.8 Å². The van der Waals surface area contributed by atoms with Gasteiger partial charge in [-0.05, 0) is 50.5 Å². The van der Waals surface area contributed by atoms with Crippen molar-refractivity contribution in [3.8, 4) is 0 Å². The van der Waals surface area contributed by atoms with Crippen LogP contribution < -0.4 is 0 Å². The van der Waals surface area contributed by atoms with E-state index < -0.39 is 0 Å².